The molecule has 8 heteroatoms. The summed E-state index contributed by atoms with van der Waals surface area (Å²) < 4.78 is 42.7. The highest BCUT2D eigenvalue weighted by molar-refractivity contribution is 7.89. The molecule has 1 saturated heterocycles. The minimum atomic E-state index is -3.58. The lowest BCUT2D eigenvalue weighted by molar-refractivity contribution is -0.145. The molecule has 0 aromatic heterocycles. The van der Waals surface area contributed by atoms with Crippen molar-refractivity contribution in [3.8, 4) is 5.75 Å². The molecule has 0 spiro atoms. The SMILES string of the molecule is O=C(CCOc1ccccc1)OCc1cccc(S(=O)(=O)N2CCOCC2)c1. The fourth-order valence-electron chi connectivity index (χ4n) is 2.74. The zero-order chi connectivity index (χ0) is 19.8. The van der Waals surface area contributed by atoms with Gasteiger partial charge in [-0.2, -0.15) is 4.31 Å². The van der Waals surface area contributed by atoms with Crippen molar-refractivity contribution >= 4 is 16.0 Å². The van der Waals surface area contributed by atoms with Gasteiger partial charge in [-0.25, -0.2) is 8.42 Å². The van der Waals surface area contributed by atoms with Crippen molar-refractivity contribution in [3.05, 3.63) is 60.2 Å². The largest absolute Gasteiger partial charge is 0.493 e. The fourth-order valence-corrected chi connectivity index (χ4v) is 4.22. The van der Waals surface area contributed by atoms with Crippen molar-refractivity contribution in [2.75, 3.05) is 32.9 Å². The molecule has 0 amide bonds. The van der Waals surface area contributed by atoms with Gasteiger partial charge in [0.15, 0.2) is 0 Å². The summed E-state index contributed by atoms with van der Waals surface area (Å²) in [6.45, 7) is 1.68. The smallest absolute Gasteiger partial charge is 0.309 e. The van der Waals surface area contributed by atoms with E-state index in [4.69, 9.17) is 14.2 Å². The molecule has 0 saturated carbocycles. The van der Waals surface area contributed by atoms with E-state index in [0.29, 0.717) is 37.6 Å². The van der Waals surface area contributed by atoms with Crippen molar-refractivity contribution in [1.29, 1.82) is 0 Å². The zero-order valence-electron chi connectivity index (χ0n) is 15.5. The first kappa shape index (κ1) is 20.3. The molecular weight excluding hydrogens is 382 g/mol. The summed E-state index contributed by atoms with van der Waals surface area (Å²) in [5.74, 6) is 0.286. The van der Waals surface area contributed by atoms with Crippen LogP contribution in [-0.4, -0.2) is 51.6 Å². The van der Waals surface area contributed by atoms with Crippen LogP contribution in [0.4, 0.5) is 0 Å². The summed E-state index contributed by atoms with van der Waals surface area (Å²) in [6.07, 6.45) is 0.112. The topological polar surface area (TPSA) is 82.1 Å². The standard InChI is InChI=1S/C20H23NO6S/c22-20(9-12-26-18-6-2-1-3-7-18)27-16-17-5-4-8-19(15-17)28(23,24)21-10-13-25-14-11-21/h1-8,15H,9-14,16H2. The van der Waals surface area contributed by atoms with Crippen molar-refractivity contribution < 1.29 is 27.4 Å². The zero-order valence-corrected chi connectivity index (χ0v) is 16.3. The van der Waals surface area contributed by atoms with E-state index in [0.717, 1.165) is 0 Å². The summed E-state index contributed by atoms with van der Waals surface area (Å²) in [6, 6.07) is 15.7. The third-order valence-electron chi connectivity index (χ3n) is 4.22. The molecule has 0 N–H and O–H groups in total. The molecule has 0 atom stereocenters. The molecule has 1 heterocycles. The van der Waals surface area contributed by atoms with E-state index < -0.39 is 16.0 Å². The first-order chi connectivity index (χ1) is 13.6. The number of carbonyl (C=O) groups excluding carboxylic acids is 1. The number of sulfonamides is 1. The maximum Gasteiger partial charge on any atom is 0.309 e. The van der Waals surface area contributed by atoms with E-state index in [9.17, 15) is 13.2 Å². The van der Waals surface area contributed by atoms with E-state index >= 15 is 0 Å². The molecule has 28 heavy (non-hydrogen) atoms. The second-order valence-electron chi connectivity index (χ2n) is 6.24. The quantitative estimate of drug-likeness (QED) is 0.627. The van der Waals surface area contributed by atoms with Crippen molar-refractivity contribution in [2.24, 2.45) is 0 Å². The van der Waals surface area contributed by atoms with Crippen molar-refractivity contribution in [1.82, 2.24) is 4.31 Å². The van der Waals surface area contributed by atoms with Gasteiger partial charge in [-0.3, -0.25) is 4.79 Å². The van der Waals surface area contributed by atoms with Gasteiger partial charge in [-0.1, -0.05) is 30.3 Å². The molecule has 2 aromatic carbocycles. The van der Waals surface area contributed by atoms with Gasteiger partial charge in [0.2, 0.25) is 10.0 Å². The van der Waals surface area contributed by atoms with E-state index in [1.54, 1.807) is 24.3 Å². The summed E-state index contributed by atoms with van der Waals surface area (Å²) in [5.41, 5.74) is 0.617. The number of morpholine rings is 1. The molecule has 1 aliphatic rings. The minimum absolute atomic E-state index is 0.0106. The second-order valence-corrected chi connectivity index (χ2v) is 8.17. The maximum atomic E-state index is 12.7. The number of benzene rings is 2. The van der Waals surface area contributed by atoms with E-state index in [1.165, 1.54) is 4.31 Å². The lowest BCUT2D eigenvalue weighted by Gasteiger charge is -2.26. The number of carbonyl (C=O) groups is 1. The number of hydrogen-bond donors (Lipinski definition) is 0. The Kier molecular flexibility index (Phi) is 7.02. The maximum absolute atomic E-state index is 12.7. The fraction of sp³-hybridized carbons (Fsp3) is 0.350. The number of para-hydroxylation sites is 1. The molecule has 0 aliphatic carbocycles. The average molecular weight is 405 g/mol. The third-order valence-corrected chi connectivity index (χ3v) is 6.12. The predicted molar refractivity (Wildman–Crippen MR) is 102 cm³/mol. The van der Waals surface area contributed by atoms with E-state index in [-0.39, 0.29) is 24.5 Å². The lowest BCUT2D eigenvalue weighted by Crippen LogP contribution is -2.40. The number of ether oxygens (including phenoxy) is 3. The number of hydrogen-bond acceptors (Lipinski definition) is 6. The van der Waals surface area contributed by atoms with E-state index in [2.05, 4.69) is 0 Å². The molecule has 0 unspecified atom stereocenters. The van der Waals surface area contributed by atoms with Gasteiger partial charge in [0.05, 0.1) is 31.1 Å². The third kappa shape index (κ3) is 5.54. The lowest BCUT2D eigenvalue weighted by atomic mass is 10.2. The van der Waals surface area contributed by atoms with Crippen LogP contribution < -0.4 is 4.74 Å². The number of rotatable bonds is 8. The Balaban J connectivity index is 1.50. The van der Waals surface area contributed by atoms with E-state index in [1.807, 2.05) is 30.3 Å². The van der Waals surface area contributed by atoms with Gasteiger partial charge < -0.3 is 14.2 Å². The van der Waals surface area contributed by atoms with Crippen LogP contribution in [0.2, 0.25) is 0 Å². The molecule has 0 radical (unpaired) electrons. The Morgan fingerprint density at radius 2 is 1.79 bits per heavy atom. The van der Waals surface area contributed by atoms with Crippen LogP contribution in [0.25, 0.3) is 0 Å². The van der Waals surface area contributed by atoms with Gasteiger partial charge in [0, 0.05) is 13.1 Å². The van der Waals surface area contributed by atoms with Crippen LogP contribution in [0, 0.1) is 0 Å². The molecule has 1 fully saturated rings. The van der Waals surface area contributed by atoms with Crippen LogP contribution in [0.1, 0.15) is 12.0 Å². The Bertz CT molecular complexity index is 879. The highest BCUT2D eigenvalue weighted by atomic mass is 32.2. The Morgan fingerprint density at radius 3 is 2.54 bits per heavy atom. The molecule has 0 bridgehead atoms. The van der Waals surface area contributed by atoms with Crippen LogP contribution in [-0.2, 0) is 30.9 Å². The molecule has 7 nitrogen and oxygen atoms in total. The highest BCUT2D eigenvalue weighted by Crippen LogP contribution is 2.19. The first-order valence-electron chi connectivity index (χ1n) is 9.06. The minimum Gasteiger partial charge on any atom is -0.493 e. The highest BCUT2D eigenvalue weighted by Gasteiger charge is 2.26. The first-order valence-corrected chi connectivity index (χ1v) is 10.5. The second kappa shape index (κ2) is 9.68. The normalized spacial score (nSPS) is 15.1. The molecule has 1 aliphatic heterocycles. The van der Waals surface area contributed by atoms with Gasteiger partial charge in [0.25, 0.3) is 0 Å². The van der Waals surface area contributed by atoms with Gasteiger partial charge in [-0.05, 0) is 29.8 Å². The van der Waals surface area contributed by atoms with Crippen molar-refractivity contribution in [3.63, 3.8) is 0 Å². The summed E-state index contributed by atoms with van der Waals surface area (Å²) >= 11 is 0. The van der Waals surface area contributed by atoms with Crippen LogP contribution >= 0.6 is 0 Å². The van der Waals surface area contributed by atoms with Crippen LogP contribution in [0.15, 0.2) is 59.5 Å². The van der Waals surface area contributed by atoms with Crippen LogP contribution in [0.5, 0.6) is 5.75 Å². The Labute approximate surface area is 164 Å². The van der Waals surface area contributed by atoms with Crippen molar-refractivity contribution in [2.45, 2.75) is 17.9 Å². The monoisotopic (exact) mass is 405 g/mol. The summed E-state index contributed by atoms with van der Waals surface area (Å²) in [4.78, 5) is 12.1. The summed E-state index contributed by atoms with van der Waals surface area (Å²) in [7, 11) is -3.58. The average Bonchev–Trinajstić information content (AvgIpc) is 2.74. The number of esters is 1. The van der Waals surface area contributed by atoms with Gasteiger partial charge in [0.1, 0.15) is 12.4 Å². The van der Waals surface area contributed by atoms with Gasteiger partial charge in [-0.15, -0.1) is 0 Å². The molecule has 3 rings (SSSR count). The van der Waals surface area contributed by atoms with Gasteiger partial charge >= 0.3 is 5.97 Å². The Hall–Kier alpha value is -2.42. The molecule has 150 valence electrons. The molecule has 2 aromatic rings. The molecular formula is C20H23NO6S. The number of nitrogens with zero attached hydrogens (tertiary/aromatic N) is 1. The summed E-state index contributed by atoms with van der Waals surface area (Å²) in [5, 5.41) is 0. The predicted octanol–water partition coefficient (Wildman–Crippen LogP) is 2.22. The van der Waals surface area contributed by atoms with Crippen LogP contribution in [0.3, 0.4) is 0 Å². The Morgan fingerprint density at radius 1 is 1.04 bits per heavy atom.